The minimum atomic E-state index is 0.0319. The maximum absolute atomic E-state index is 12.7. The van der Waals surface area contributed by atoms with Crippen molar-refractivity contribution in [2.45, 2.75) is 19.5 Å². The average Bonchev–Trinajstić information content (AvgIpc) is 3.41. The number of carbonyl (C=O) groups is 1. The van der Waals surface area contributed by atoms with Crippen LogP contribution in [-0.4, -0.2) is 37.0 Å². The third-order valence-corrected chi connectivity index (χ3v) is 4.93. The van der Waals surface area contributed by atoms with E-state index >= 15 is 0 Å². The first-order valence-corrected chi connectivity index (χ1v) is 8.95. The van der Waals surface area contributed by atoms with E-state index in [0.717, 1.165) is 35.4 Å². The first kappa shape index (κ1) is 15.7. The highest BCUT2D eigenvalue weighted by Gasteiger charge is 2.24. The Morgan fingerprint density at radius 2 is 1.93 bits per heavy atom. The Bertz CT molecular complexity index is 1130. The number of imidazole rings is 1. The zero-order valence-corrected chi connectivity index (χ0v) is 14.7. The molecule has 2 aromatic carbocycles. The molecule has 0 fully saturated rings. The second-order valence-corrected chi connectivity index (χ2v) is 6.69. The summed E-state index contributed by atoms with van der Waals surface area (Å²) >= 11 is 0. The Labute approximate surface area is 155 Å². The van der Waals surface area contributed by atoms with Gasteiger partial charge in [-0.25, -0.2) is 9.67 Å². The maximum Gasteiger partial charge on any atom is 0.248 e. The first-order valence-electron chi connectivity index (χ1n) is 8.95. The van der Waals surface area contributed by atoms with Crippen LogP contribution in [0.1, 0.15) is 11.3 Å². The van der Waals surface area contributed by atoms with Crippen molar-refractivity contribution in [3.63, 3.8) is 0 Å². The van der Waals surface area contributed by atoms with Gasteiger partial charge >= 0.3 is 0 Å². The number of hydrogen-bond acceptors (Lipinski definition) is 4. The van der Waals surface area contributed by atoms with Crippen LogP contribution < -0.4 is 4.90 Å². The van der Waals surface area contributed by atoms with Crippen LogP contribution in [0, 0.1) is 0 Å². The lowest BCUT2D eigenvalue weighted by Gasteiger charge is -2.16. The largest absolute Gasteiger partial charge is 0.324 e. The molecule has 0 unspecified atom stereocenters. The Balaban J connectivity index is 1.31. The van der Waals surface area contributed by atoms with E-state index in [1.165, 1.54) is 5.56 Å². The topological polar surface area (TPSA) is 68.8 Å². The second-order valence-electron chi connectivity index (χ2n) is 6.69. The van der Waals surface area contributed by atoms with Crippen LogP contribution in [0.25, 0.3) is 11.0 Å². The van der Waals surface area contributed by atoms with E-state index in [2.05, 4.69) is 21.4 Å². The molecule has 5 rings (SSSR count). The molecule has 0 saturated carbocycles. The molecule has 7 nitrogen and oxygen atoms in total. The monoisotopic (exact) mass is 358 g/mol. The fourth-order valence-corrected chi connectivity index (χ4v) is 3.62. The number of fused-ring (bicyclic) bond motifs is 2. The normalized spacial score (nSPS) is 13.3. The van der Waals surface area contributed by atoms with Crippen LogP contribution in [0.4, 0.5) is 5.69 Å². The number of aromatic nitrogens is 5. The summed E-state index contributed by atoms with van der Waals surface area (Å²) in [7, 11) is 0. The van der Waals surface area contributed by atoms with Gasteiger partial charge in [0.15, 0.2) is 0 Å². The minimum Gasteiger partial charge on any atom is -0.324 e. The highest BCUT2D eigenvalue weighted by atomic mass is 16.2. The average molecular weight is 358 g/mol. The molecule has 27 heavy (non-hydrogen) atoms. The molecule has 0 bridgehead atoms. The molecule has 0 saturated heterocycles. The lowest BCUT2D eigenvalue weighted by Crippen LogP contribution is -2.32. The summed E-state index contributed by atoms with van der Waals surface area (Å²) < 4.78 is 3.64. The zero-order valence-electron chi connectivity index (χ0n) is 14.7. The van der Waals surface area contributed by atoms with Gasteiger partial charge in [0, 0.05) is 12.2 Å². The van der Waals surface area contributed by atoms with E-state index in [4.69, 9.17) is 0 Å². The molecular weight excluding hydrogens is 340 g/mol. The molecule has 0 atom stereocenters. The van der Waals surface area contributed by atoms with Crippen molar-refractivity contribution in [2.24, 2.45) is 0 Å². The fraction of sp³-hybridized carbons (Fsp3) is 0.200. The van der Waals surface area contributed by atoms with E-state index in [1.54, 1.807) is 11.0 Å². The number of rotatable bonds is 4. The molecule has 4 aromatic rings. The lowest BCUT2D eigenvalue weighted by atomic mass is 10.2. The van der Waals surface area contributed by atoms with Crippen molar-refractivity contribution < 1.29 is 4.79 Å². The molecule has 134 valence electrons. The number of para-hydroxylation sites is 3. The van der Waals surface area contributed by atoms with Crippen molar-refractivity contribution >= 4 is 22.6 Å². The van der Waals surface area contributed by atoms with Crippen molar-refractivity contribution in [1.82, 2.24) is 24.5 Å². The predicted molar refractivity (Wildman–Crippen MR) is 101 cm³/mol. The smallest absolute Gasteiger partial charge is 0.248 e. The summed E-state index contributed by atoms with van der Waals surface area (Å²) in [6.45, 7) is 1.48. The Kier molecular flexibility index (Phi) is 3.71. The summed E-state index contributed by atoms with van der Waals surface area (Å²) in [6.07, 6.45) is 4.53. The molecule has 7 heteroatoms. The van der Waals surface area contributed by atoms with Crippen LogP contribution in [0.15, 0.2) is 61.1 Å². The van der Waals surface area contributed by atoms with E-state index in [1.807, 2.05) is 58.1 Å². The standard InChI is InChI=1S/C20H18N6O/c27-20(26-10-9-15-5-1-3-7-18(15)26)13-25-12-16(22-23-25)11-24-14-21-17-6-2-4-8-19(17)24/h1-8,12,14H,9-11,13H2. The van der Waals surface area contributed by atoms with Crippen molar-refractivity contribution in [3.05, 3.63) is 72.3 Å². The SMILES string of the molecule is O=C(Cn1cc(Cn2cnc3ccccc32)nn1)N1CCc2ccccc21. The van der Waals surface area contributed by atoms with Gasteiger partial charge < -0.3 is 9.47 Å². The Hall–Kier alpha value is -3.48. The van der Waals surface area contributed by atoms with Gasteiger partial charge in [0.2, 0.25) is 5.91 Å². The molecule has 2 aromatic heterocycles. The number of anilines is 1. The highest BCUT2D eigenvalue weighted by Crippen LogP contribution is 2.27. The Morgan fingerprint density at radius 1 is 1.07 bits per heavy atom. The van der Waals surface area contributed by atoms with Crippen molar-refractivity contribution in [3.8, 4) is 0 Å². The Morgan fingerprint density at radius 3 is 2.89 bits per heavy atom. The summed E-state index contributed by atoms with van der Waals surface area (Å²) in [4.78, 5) is 18.9. The van der Waals surface area contributed by atoms with E-state index in [9.17, 15) is 4.79 Å². The second kappa shape index (κ2) is 6.35. The molecule has 0 aliphatic carbocycles. The fourth-order valence-electron chi connectivity index (χ4n) is 3.62. The van der Waals surface area contributed by atoms with Crippen LogP contribution >= 0.6 is 0 Å². The van der Waals surface area contributed by atoms with Crippen LogP contribution in [-0.2, 0) is 24.3 Å². The van der Waals surface area contributed by atoms with E-state index < -0.39 is 0 Å². The summed E-state index contributed by atoms with van der Waals surface area (Å²) in [5, 5.41) is 8.35. The van der Waals surface area contributed by atoms with Crippen LogP contribution in [0.3, 0.4) is 0 Å². The van der Waals surface area contributed by atoms with Crippen LogP contribution in [0.5, 0.6) is 0 Å². The molecule has 0 spiro atoms. The van der Waals surface area contributed by atoms with Gasteiger partial charge in [0.05, 0.1) is 30.1 Å². The van der Waals surface area contributed by atoms with Gasteiger partial charge in [-0.05, 0) is 30.2 Å². The first-order chi connectivity index (χ1) is 13.3. The quantitative estimate of drug-likeness (QED) is 0.561. The number of carbonyl (C=O) groups excluding carboxylic acids is 1. The third-order valence-electron chi connectivity index (χ3n) is 4.93. The summed E-state index contributed by atoms with van der Waals surface area (Å²) in [6, 6.07) is 16.0. The van der Waals surface area contributed by atoms with Crippen molar-refractivity contribution in [2.75, 3.05) is 11.4 Å². The van der Waals surface area contributed by atoms with Gasteiger partial charge in [-0.15, -0.1) is 5.10 Å². The molecule has 1 amide bonds. The summed E-state index contributed by atoms with van der Waals surface area (Å²) in [5.41, 5.74) is 5.03. The van der Waals surface area contributed by atoms with E-state index in [-0.39, 0.29) is 12.5 Å². The minimum absolute atomic E-state index is 0.0319. The van der Waals surface area contributed by atoms with Crippen LogP contribution in [0.2, 0.25) is 0 Å². The number of nitrogens with zero attached hydrogens (tertiary/aromatic N) is 6. The molecule has 1 aliphatic heterocycles. The number of hydrogen-bond donors (Lipinski definition) is 0. The van der Waals surface area contributed by atoms with Gasteiger partial charge in [0.25, 0.3) is 0 Å². The van der Waals surface area contributed by atoms with Gasteiger partial charge in [-0.2, -0.15) is 0 Å². The molecule has 1 aliphatic rings. The van der Waals surface area contributed by atoms with Gasteiger partial charge in [0.1, 0.15) is 12.2 Å². The maximum atomic E-state index is 12.7. The highest BCUT2D eigenvalue weighted by molar-refractivity contribution is 5.95. The zero-order chi connectivity index (χ0) is 18.2. The third kappa shape index (κ3) is 2.87. The van der Waals surface area contributed by atoms with E-state index in [0.29, 0.717) is 6.54 Å². The summed E-state index contributed by atoms with van der Waals surface area (Å²) in [5.74, 6) is 0.0319. The molecule has 0 N–H and O–H groups in total. The molecule has 0 radical (unpaired) electrons. The molecule has 3 heterocycles. The molecular formula is C20H18N6O. The number of amides is 1. The van der Waals surface area contributed by atoms with Gasteiger partial charge in [-0.3, -0.25) is 4.79 Å². The predicted octanol–water partition coefficient (Wildman–Crippen LogP) is 2.27. The lowest BCUT2D eigenvalue weighted by molar-refractivity contribution is -0.119. The van der Waals surface area contributed by atoms with Crippen molar-refractivity contribution in [1.29, 1.82) is 0 Å². The van der Waals surface area contributed by atoms with Gasteiger partial charge in [-0.1, -0.05) is 35.5 Å². The number of benzene rings is 2.